The van der Waals surface area contributed by atoms with E-state index in [4.69, 9.17) is 4.74 Å². The van der Waals surface area contributed by atoms with Gasteiger partial charge in [0.2, 0.25) is 5.90 Å². The normalized spacial score (nSPS) is 15.4. The molecule has 0 unspecified atom stereocenters. The van der Waals surface area contributed by atoms with Crippen LogP contribution < -0.4 is 4.90 Å². The zero-order valence-corrected chi connectivity index (χ0v) is 15.9. The van der Waals surface area contributed by atoms with Crippen molar-refractivity contribution in [2.45, 2.75) is 6.92 Å². The lowest BCUT2D eigenvalue weighted by Gasteiger charge is -2.11. The fourth-order valence-corrected chi connectivity index (χ4v) is 2.80. The number of ether oxygens (including phenoxy) is 1. The second-order valence-electron chi connectivity index (χ2n) is 5.79. The van der Waals surface area contributed by atoms with Gasteiger partial charge in [0.25, 0.3) is 0 Å². The lowest BCUT2D eigenvalue weighted by atomic mass is 10.1. The molecule has 0 saturated heterocycles. The molecule has 4 nitrogen and oxygen atoms in total. The van der Waals surface area contributed by atoms with Gasteiger partial charge in [0, 0.05) is 28.9 Å². The van der Waals surface area contributed by atoms with Crippen LogP contribution in [0.1, 0.15) is 16.7 Å². The Morgan fingerprint density at radius 1 is 1.12 bits per heavy atom. The summed E-state index contributed by atoms with van der Waals surface area (Å²) < 4.78 is 6.43. The highest BCUT2D eigenvalue weighted by atomic mass is 127. The van der Waals surface area contributed by atoms with Gasteiger partial charge in [0.05, 0.1) is 0 Å². The van der Waals surface area contributed by atoms with E-state index in [1.165, 1.54) is 5.56 Å². The standard InChI is InChI=1S/C19H17IN2O2/c1-12-4-7-14(11-16(12)20)18-21-17(19(23)24-18)10-13-5-8-15(9-6-13)22(2)3/h4-11H,1-3H3/b17-10+. The summed E-state index contributed by atoms with van der Waals surface area (Å²) in [7, 11) is 3.97. The van der Waals surface area contributed by atoms with Crippen LogP contribution in [0.3, 0.4) is 0 Å². The predicted octanol–water partition coefficient (Wildman–Crippen LogP) is 4.01. The molecule has 0 aliphatic carbocycles. The van der Waals surface area contributed by atoms with Gasteiger partial charge in [-0.15, -0.1) is 0 Å². The first kappa shape index (κ1) is 16.7. The second-order valence-corrected chi connectivity index (χ2v) is 6.95. The number of esters is 1. The Kier molecular flexibility index (Phi) is 4.71. The summed E-state index contributed by atoms with van der Waals surface area (Å²) in [6.45, 7) is 2.04. The van der Waals surface area contributed by atoms with E-state index in [1.54, 1.807) is 6.08 Å². The highest BCUT2D eigenvalue weighted by molar-refractivity contribution is 14.1. The molecule has 0 fully saturated rings. The molecule has 0 radical (unpaired) electrons. The van der Waals surface area contributed by atoms with Gasteiger partial charge in [-0.1, -0.05) is 18.2 Å². The van der Waals surface area contributed by atoms with E-state index in [-0.39, 0.29) is 0 Å². The van der Waals surface area contributed by atoms with Crippen molar-refractivity contribution in [1.82, 2.24) is 0 Å². The number of aryl methyl sites for hydroxylation is 1. The largest absolute Gasteiger partial charge is 0.402 e. The summed E-state index contributed by atoms with van der Waals surface area (Å²) in [6.07, 6.45) is 1.74. The molecule has 5 heteroatoms. The highest BCUT2D eigenvalue weighted by Gasteiger charge is 2.24. The molecule has 0 atom stereocenters. The Morgan fingerprint density at radius 2 is 1.83 bits per heavy atom. The number of anilines is 1. The van der Waals surface area contributed by atoms with Crippen molar-refractivity contribution in [3.63, 3.8) is 0 Å². The quantitative estimate of drug-likeness (QED) is 0.418. The molecule has 24 heavy (non-hydrogen) atoms. The molecule has 1 heterocycles. The smallest absolute Gasteiger partial charge is 0.363 e. The van der Waals surface area contributed by atoms with Crippen LogP contribution in [0.4, 0.5) is 5.69 Å². The molecule has 3 rings (SSSR count). The third kappa shape index (κ3) is 3.51. The Balaban J connectivity index is 1.89. The number of cyclic esters (lactones) is 1. The molecule has 0 aromatic heterocycles. The number of rotatable bonds is 3. The minimum Gasteiger partial charge on any atom is -0.402 e. The number of benzene rings is 2. The van der Waals surface area contributed by atoms with Gasteiger partial charge < -0.3 is 9.64 Å². The molecular weight excluding hydrogens is 415 g/mol. The lowest BCUT2D eigenvalue weighted by Crippen LogP contribution is -2.08. The first-order chi connectivity index (χ1) is 11.4. The number of carbonyl (C=O) groups excluding carboxylic acids is 1. The first-order valence-electron chi connectivity index (χ1n) is 7.50. The van der Waals surface area contributed by atoms with Crippen LogP contribution in [-0.2, 0) is 9.53 Å². The summed E-state index contributed by atoms with van der Waals surface area (Å²) in [5, 5.41) is 0. The third-order valence-corrected chi connectivity index (χ3v) is 4.91. The number of nitrogens with zero attached hydrogens (tertiary/aromatic N) is 2. The second kappa shape index (κ2) is 6.76. The van der Waals surface area contributed by atoms with Crippen molar-refractivity contribution in [3.05, 3.63) is 68.4 Å². The van der Waals surface area contributed by atoms with E-state index in [9.17, 15) is 4.79 Å². The maximum atomic E-state index is 12.1. The Hall–Kier alpha value is -2.15. The topological polar surface area (TPSA) is 41.9 Å². The molecule has 0 spiro atoms. The molecule has 2 aromatic carbocycles. The van der Waals surface area contributed by atoms with E-state index in [2.05, 4.69) is 27.6 Å². The molecule has 0 bridgehead atoms. The SMILES string of the molecule is Cc1ccc(C2=N/C(=C/c3ccc(N(C)C)cc3)C(=O)O2)cc1I. The zero-order chi connectivity index (χ0) is 17.3. The summed E-state index contributed by atoms with van der Waals surface area (Å²) in [4.78, 5) is 18.5. The molecule has 1 aliphatic heterocycles. The molecule has 0 N–H and O–H groups in total. The molecule has 0 saturated carbocycles. The fourth-order valence-electron chi connectivity index (χ4n) is 2.29. The highest BCUT2D eigenvalue weighted by Crippen LogP contribution is 2.22. The molecule has 0 amide bonds. The van der Waals surface area contributed by atoms with Crippen LogP contribution in [0.25, 0.3) is 6.08 Å². The number of carbonyl (C=O) groups is 1. The van der Waals surface area contributed by atoms with E-state index in [1.807, 2.05) is 68.4 Å². The molecular formula is C19H17IN2O2. The summed E-state index contributed by atoms with van der Waals surface area (Å²) in [5.74, 6) is -0.0636. The maximum Gasteiger partial charge on any atom is 0.363 e. The number of aliphatic imine (C=N–C) groups is 1. The van der Waals surface area contributed by atoms with Gasteiger partial charge in [-0.25, -0.2) is 9.79 Å². The number of halogens is 1. The Bertz CT molecular complexity index is 852. The molecule has 2 aromatic rings. The molecule has 1 aliphatic rings. The minimum atomic E-state index is -0.419. The Morgan fingerprint density at radius 3 is 2.46 bits per heavy atom. The van der Waals surface area contributed by atoms with Crippen LogP contribution in [0.2, 0.25) is 0 Å². The minimum absolute atomic E-state index is 0.318. The van der Waals surface area contributed by atoms with E-state index in [0.717, 1.165) is 20.4 Å². The fraction of sp³-hybridized carbons (Fsp3) is 0.158. The Labute approximate surface area is 155 Å². The summed E-state index contributed by atoms with van der Waals surface area (Å²) in [6, 6.07) is 13.8. The maximum absolute atomic E-state index is 12.1. The van der Waals surface area contributed by atoms with Gasteiger partial charge in [0.1, 0.15) is 0 Å². The lowest BCUT2D eigenvalue weighted by molar-refractivity contribution is -0.129. The van der Waals surface area contributed by atoms with Gasteiger partial charge in [-0.05, 0) is 71.0 Å². The van der Waals surface area contributed by atoms with E-state index >= 15 is 0 Å². The zero-order valence-electron chi connectivity index (χ0n) is 13.7. The van der Waals surface area contributed by atoms with Gasteiger partial charge in [0.15, 0.2) is 5.70 Å². The van der Waals surface area contributed by atoms with Crippen molar-refractivity contribution < 1.29 is 9.53 Å². The summed E-state index contributed by atoms with van der Waals surface area (Å²) in [5.41, 5.74) is 4.32. The number of hydrogen-bond acceptors (Lipinski definition) is 4. The van der Waals surface area contributed by atoms with Gasteiger partial charge >= 0.3 is 5.97 Å². The number of hydrogen-bond donors (Lipinski definition) is 0. The van der Waals surface area contributed by atoms with Crippen LogP contribution in [0.15, 0.2) is 53.2 Å². The van der Waals surface area contributed by atoms with Crippen LogP contribution >= 0.6 is 22.6 Å². The van der Waals surface area contributed by atoms with E-state index in [0.29, 0.717) is 11.6 Å². The van der Waals surface area contributed by atoms with Gasteiger partial charge in [-0.3, -0.25) is 0 Å². The van der Waals surface area contributed by atoms with Crippen LogP contribution in [-0.4, -0.2) is 26.0 Å². The van der Waals surface area contributed by atoms with Crippen molar-refractivity contribution in [1.29, 1.82) is 0 Å². The van der Waals surface area contributed by atoms with Crippen molar-refractivity contribution in [2.75, 3.05) is 19.0 Å². The monoisotopic (exact) mass is 432 g/mol. The van der Waals surface area contributed by atoms with Crippen LogP contribution in [0.5, 0.6) is 0 Å². The van der Waals surface area contributed by atoms with E-state index < -0.39 is 5.97 Å². The average Bonchev–Trinajstić information content (AvgIpc) is 2.91. The molecule has 122 valence electrons. The van der Waals surface area contributed by atoms with Crippen molar-refractivity contribution in [3.8, 4) is 0 Å². The van der Waals surface area contributed by atoms with Crippen molar-refractivity contribution in [2.24, 2.45) is 4.99 Å². The summed E-state index contributed by atoms with van der Waals surface area (Å²) >= 11 is 2.26. The van der Waals surface area contributed by atoms with Crippen LogP contribution in [0, 0.1) is 10.5 Å². The van der Waals surface area contributed by atoms with Crippen molar-refractivity contribution >= 4 is 46.2 Å². The first-order valence-corrected chi connectivity index (χ1v) is 8.58. The third-order valence-electron chi connectivity index (χ3n) is 3.75. The predicted molar refractivity (Wildman–Crippen MR) is 105 cm³/mol. The average molecular weight is 432 g/mol. The van der Waals surface area contributed by atoms with Gasteiger partial charge in [-0.2, -0.15) is 0 Å².